The van der Waals surface area contributed by atoms with Crippen molar-refractivity contribution in [1.82, 2.24) is 0 Å². The third kappa shape index (κ3) is 3.18. The summed E-state index contributed by atoms with van der Waals surface area (Å²) < 4.78 is 0. The third-order valence-corrected chi connectivity index (χ3v) is 4.91. The first-order chi connectivity index (χ1) is 8.86. The van der Waals surface area contributed by atoms with Crippen molar-refractivity contribution >= 4 is 0 Å². The maximum Gasteiger partial charge on any atom is 0.0693 e. The number of hydrogen-bond donors (Lipinski definition) is 0. The normalized spacial score (nSPS) is 20.8. The highest BCUT2D eigenvalue weighted by Crippen LogP contribution is 2.46. The monoisotopic (exact) mass is 255 g/mol. The second kappa shape index (κ2) is 5.00. The molecule has 102 valence electrons. The number of aryl methyl sites for hydroxylation is 2. The Labute approximate surface area is 117 Å². The summed E-state index contributed by atoms with van der Waals surface area (Å²) in [6.45, 7) is 8.94. The fourth-order valence-electron chi connectivity index (χ4n) is 3.04. The van der Waals surface area contributed by atoms with E-state index in [1.807, 2.05) is 0 Å². The predicted molar refractivity (Wildman–Crippen MR) is 79.9 cm³/mol. The Morgan fingerprint density at radius 1 is 1.05 bits per heavy atom. The highest BCUT2D eigenvalue weighted by molar-refractivity contribution is 5.31. The summed E-state index contributed by atoms with van der Waals surface area (Å²) in [5, 5.41) is 9.65. The Bertz CT molecular complexity index is 495. The van der Waals surface area contributed by atoms with E-state index in [-0.39, 0.29) is 5.41 Å². The molecule has 0 bridgehead atoms. The van der Waals surface area contributed by atoms with Crippen LogP contribution in [0, 0.1) is 36.0 Å². The molecular formula is C18H25N. The van der Waals surface area contributed by atoms with Crippen molar-refractivity contribution in [3.8, 4) is 6.07 Å². The predicted octanol–water partition coefficient (Wildman–Crippen LogP) is 4.96. The first-order valence-electron chi connectivity index (χ1n) is 7.33. The summed E-state index contributed by atoms with van der Waals surface area (Å²) in [7, 11) is 0. The summed E-state index contributed by atoms with van der Waals surface area (Å²) in [6.07, 6.45) is 5.35. The van der Waals surface area contributed by atoms with Gasteiger partial charge in [-0.25, -0.2) is 0 Å². The smallest absolute Gasteiger partial charge is 0.0693 e. The average Bonchev–Trinajstić information content (AvgIpc) is 2.37. The van der Waals surface area contributed by atoms with Crippen molar-refractivity contribution in [2.75, 3.05) is 0 Å². The third-order valence-electron chi connectivity index (χ3n) is 4.91. The molecule has 0 radical (unpaired) electrons. The van der Waals surface area contributed by atoms with Gasteiger partial charge in [0.05, 0.1) is 11.5 Å². The zero-order chi connectivity index (χ0) is 14.1. The SMILES string of the molecule is Cc1ccc(CC2(C#N)CCC(C)(C)CC2)cc1C. The Kier molecular flexibility index (Phi) is 3.72. The molecule has 19 heavy (non-hydrogen) atoms. The summed E-state index contributed by atoms with van der Waals surface area (Å²) in [6, 6.07) is 9.27. The number of rotatable bonds is 2. The van der Waals surface area contributed by atoms with E-state index in [1.54, 1.807) is 0 Å². The fourth-order valence-corrected chi connectivity index (χ4v) is 3.04. The van der Waals surface area contributed by atoms with Crippen molar-refractivity contribution < 1.29 is 0 Å². The summed E-state index contributed by atoms with van der Waals surface area (Å²) in [5.74, 6) is 0. The molecule has 1 aliphatic carbocycles. The quantitative estimate of drug-likeness (QED) is 0.733. The molecule has 0 aliphatic heterocycles. The number of benzene rings is 1. The second-order valence-corrected chi connectivity index (χ2v) is 7.15. The van der Waals surface area contributed by atoms with E-state index < -0.39 is 0 Å². The van der Waals surface area contributed by atoms with E-state index in [9.17, 15) is 5.26 Å². The minimum absolute atomic E-state index is 0.128. The molecule has 1 aliphatic rings. The molecule has 0 unspecified atom stereocenters. The van der Waals surface area contributed by atoms with Gasteiger partial charge in [0.1, 0.15) is 0 Å². The van der Waals surface area contributed by atoms with Gasteiger partial charge in [-0.3, -0.25) is 0 Å². The Hall–Kier alpha value is -1.29. The number of nitrogens with zero attached hydrogens (tertiary/aromatic N) is 1. The van der Waals surface area contributed by atoms with Crippen molar-refractivity contribution in [2.24, 2.45) is 10.8 Å². The lowest BCUT2D eigenvalue weighted by molar-refractivity contribution is 0.146. The largest absolute Gasteiger partial charge is 0.198 e. The van der Waals surface area contributed by atoms with Crippen LogP contribution >= 0.6 is 0 Å². The van der Waals surface area contributed by atoms with E-state index >= 15 is 0 Å². The molecule has 0 heterocycles. The fraction of sp³-hybridized carbons (Fsp3) is 0.611. The van der Waals surface area contributed by atoms with E-state index in [2.05, 4.69) is 52.0 Å². The highest BCUT2D eigenvalue weighted by Gasteiger charge is 2.38. The summed E-state index contributed by atoms with van der Waals surface area (Å²) in [5.41, 5.74) is 4.28. The Balaban J connectivity index is 2.16. The Morgan fingerprint density at radius 3 is 2.21 bits per heavy atom. The molecule has 1 nitrogen and oxygen atoms in total. The lowest BCUT2D eigenvalue weighted by atomic mass is 9.64. The van der Waals surface area contributed by atoms with Crippen LogP contribution in [0.3, 0.4) is 0 Å². The molecule has 1 aromatic carbocycles. The van der Waals surface area contributed by atoms with Crippen LogP contribution in [0.4, 0.5) is 0 Å². The molecule has 1 aromatic rings. The van der Waals surface area contributed by atoms with Crippen LogP contribution in [0.5, 0.6) is 0 Å². The molecule has 0 saturated heterocycles. The first-order valence-corrected chi connectivity index (χ1v) is 7.33. The highest BCUT2D eigenvalue weighted by atomic mass is 14.4. The average molecular weight is 255 g/mol. The van der Waals surface area contributed by atoms with Gasteiger partial charge in [0, 0.05) is 0 Å². The standard InChI is InChI=1S/C18H25N/c1-14-5-6-16(11-15(14)2)12-18(13-19)9-7-17(3,4)8-10-18/h5-6,11H,7-10,12H2,1-4H3. The lowest BCUT2D eigenvalue weighted by Gasteiger charge is -2.39. The van der Waals surface area contributed by atoms with E-state index in [1.165, 1.54) is 29.5 Å². The van der Waals surface area contributed by atoms with Gasteiger partial charge in [0.25, 0.3) is 0 Å². The number of hydrogen-bond acceptors (Lipinski definition) is 1. The van der Waals surface area contributed by atoms with Gasteiger partial charge in [-0.2, -0.15) is 5.26 Å². The minimum Gasteiger partial charge on any atom is -0.198 e. The summed E-state index contributed by atoms with van der Waals surface area (Å²) in [4.78, 5) is 0. The van der Waals surface area contributed by atoms with Gasteiger partial charge >= 0.3 is 0 Å². The molecule has 1 saturated carbocycles. The number of nitriles is 1. The Morgan fingerprint density at radius 2 is 1.68 bits per heavy atom. The van der Waals surface area contributed by atoms with Gasteiger partial charge in [-0.15, -0.1) is 0 Å². The van der Waals surface area contributed by atoms with Crippen LogP contribution in [-0.4, -0.2) is 0 Å². The molecule has 2 rings (SSSR count). The van der Waals surface area contributed by atoms with Gasteiger partial charge in [-0.05, 0) is 68.1 Å². The molecule has 0 spiro atoms. The van der Waals surface area contributed by atoms with Crippen molar-refractivity contribution in [1.29, 1.82) is 5.26 Å². The molecule has 0 atom stereocenters. The van der Waals surface area contributed by atoms with Crippen LogP contribution in [0.1, 0.15) is 56.2 Å². The van der Waals surface area contributed by atoms with Crippen molar-refractivity contribution in [3.63, 3.8) is 0 Å². The molecule has 1 fully saturated rings. The van der Waals surface area contributed by atoms with E-state index in [0.717, 1.165) is 19.3 Å². The van der Waals surface area contributed by atoms with Gasteiger partial charge in [0.15, 0.2) is 0 Å². The van der Waals surface area contributed by atoms with Crippen LogP contribution < -0.4 is 0 Å². The van der Waals surface area contributed by atoms with Crippen LogP contribution in [0.25, 0.3) is 0 Å². The van der Waals surface area contributed by atoms with E-state index in [0.29, 0.717) is 5.41 Å². The molecule has 0 amide bonds. The van der Waals surface area contributed by atoms with Gasteiger partial charge < -0.3 is 0 Å². The molecule has 0 N–H and O–H groups in total. The van der Waals surface area contributed by atoms with Crippen molar-refractivity contribution in [3.05, 3.63) is 34.9 Å². The minimum atomic E-state index is -0.128. The molecule has 1 heteroatoms. The maximum atomic E-state index is 9.65. The van der Waals surface area contributed by atoms with Crippen molar-refractivity contribution in [2.45, 2.75) is 59.8 Å². The van der Waals surface area contributed by atoms with E-state index in [4.69, 9.17) is 0 Å². The van der Waals surface area contributed by atoms with Crippen LogP contribution in [0.2, 0.25) is 0 Å². The van der Waals surface area contributed by atoms with Crippen LogP contribution in [-0.2, 0) is 6.42 Å². The van der Waals surface area contributed by atoms with Gasteiger partial charge in [-0.1, -0.05) is 32.0 Å². The lowest BCUT2D eigenvalue weighted by Crippen LogP contribution is -2.31. The topological polar surface area (TPSA) is 23.8 Å². The maximum absolute atomic E-state index is 9.65. The zero-order valence-corrected chi connectivity index (χ0v) is 12.7. The first kappa shape index (κ1) is 14.1. The van der Waals surface area contributed by atoms with Gasteiger partial charge in [0.2, 0.25) is 0 Å². The zero-order valence-electron chi connectivity index (χ0n) is 12.7. The molecular weight excluding hydrogens is 230 g/mol. The summed E-state index contributed by atoms with van der Waals surface area (Å²) >= 11 is 0. The second-order valence-electron chi connectivity index (χ2n) is 7.15. The molecule has 0 aromatic heterocycles. The van der Waals surface area contributed by atoms with Crippen LogP contribution in [0.15, 0.2) is 18.2 Å².